The first-order valence-corrected chi connectivity index (χ1v) is 6.20. The van der Waals surface area contributed by atoms with E-state index in [0.29, 0.717) is 22.1 Å². The predicted octanol–water partition coefficient (Wildman–Crippen LogP) is 3.34. The molecule has 0 radical (unpaired) electrons. The zero-order valence-electron chi connectivity index (χ0n) is 10.7. The van der Waals surface area contributed by atoms with Crippen LogP contribution in [0.25, 0.3) is 0 Å². The van der Waals surface area contributed by atoms with Crippen molar-refractivity contribution >= 4 is 29.0 Å². The molecule has 2 N–H and O–H groups in total. The first-order chi connectivity index (χ1) is 9.13. The van der Waals surface area contributed by atoms with Crippen molar-refractivity contribution in [3.8, 4) is 0 Å². The Morgan fingerprint density at radius 1 is 1.26 bits per heavy atom. The molecule has 1 aromatic heterocycles. The second kappa shape index (κ2) is 5.71. The molecule has 1 amide bonds. The topological polar surface area (TPSA) is 54.0 Å². The number of halogens is 1. The molecule has 0 unspecified atom stereocenters. The van der Waals surface area contributed by atoms with E-state index in [1.807, 2.05) is 19.1 Å². The van der Waals surface area contributed by atoms with Crippen LogP contribution in [-0.2, 0) is 0 Å². The Hall–Kier alpha value is -2.07. The molecule has 5 heteroatoms. The van der Waals surface area contributed by atoms with Gasteiger partial charge in [-0.15, -0.1) is 0 Å². The maximum absolute atomic E-state index is 12.2. The molecule has 1 aromatic carbocycles. The Labute approximate surface area is 116 Å². The van der Waals surface area contributed by atoms with E-state index in [2.05, 4.69) is 15.6 Å². The number of hydrogen-bond acceptors (Lipinski definition) is 3. The van der Waals surface area contributed by atoms with Crippen molar-refractivity contribution in [3.63, 3.8) is 0 Å². The quantitative estimate of drug-likeness (QED) is 0.903. The van der Waals surface area contributed by atoms with Crippen LogP contribution in [0.2, 0.25) is 5.02 Å². The summed E-state index contributed by atoms with van der Waals surface area (Å²) in [6.45, 7) is 1.89. The molecule has 0 aliphatic carbocycles. The van der Waals surface area contributed by atoms with Crippen molar-refractivity contribution in [2.45, 2.75) is 6.92 Å². The fraction of sp³-hybridized carbons (Fsp3) is 0.143. The zero-order valence-corrected chi connectivity index (χ0v) is 11.5. The van der Waals surface area contributed by atoms with Crippen molar-refractivity contribution in [2.24, 2.45) is 0 Å². The lowest BCUT2D eigenvalue weighted by Crippen LogP contribution is -2.15. The van der Waals surface area contributed by atoms with Gasteiger partial charge >= 0.3 is 0 Å². The number of nitrogens with one attached hydrogen (secondary N) is 2. The number of hydrogen-bond donors (Lipinski definition) is 2. The third-order valence-corrected chi connectivity index (χ3v) is 3.06. The number of aryl methyl sites for hydroxylation is 1. The molecule has 0 atom stereocenters. The van der Waals surface area contributed by atoms with Crippen molar-refractivity contribution in [3.05, 3.63) is 52.7 Å². The average molecular weight is 276 g/mol. The van der Waals surface area contributed by atoms with Crippen LogP contribution in [0.1, 0.15) is 15.9 Å². The van der Waals surface area contributed by atoms with Crippen molar-refractivity contribution < 1.29 is 4.79 Å². The molecule has 0 aliphatic rings. The fourth-order valence-corrected chi connectivity index (χ4v) is 2.03. The van der Waals surface area contributed by atoms with E-state index in [1.165, 1.54) is 0 Å². The largest absolute Gasteiger partial charge is 0.372 e. The van der Waals surface area contributed by atoms with Crippen LogP contribution in [0, 0.1) is 6.92 Å². The number of amides is 1. The summed E-state index contributed by atoms with van der Waals surface area (Å²) in [6.07, 6.45) is 1.63. The van der Waals surface area contributed by atoms with Gasteiger partial charge in [0.25, 0.3) is 5.91 Å². The minimum atomic E-state index is -0.242. The van der Waals surface area contributed by atoms with Gasteiger partial charge in [-0.1, -0.05) is 23.7 Å². The summed E-state index contributed by atoms with van der Waals surface area (Å²) in [5, 5.41) is 6.22. The molecular formula is C14H14ClN3O. The van der Waals surface area contributed by atoms with Gasteiger partial charge in [0.1, 0.15) is 5.82 Å². The first kappa shape index (κ1) is 13.4. The minimum absolute atomic E-state index is 0.242. The minimum Gasteiger partial charge on any atom is -0.372 e. The smallest absolute Gasteiger partial charge is 0.259 e. The fourth-order valence-electron chi connectivity index (χ4n) is 1.76. The second-order valence-corrected chi connectivity index (χ2v) is 4.44. The number of pyridine rings is 1. The van der Waals surface area contributed by atoms with E-state index < -0.39 is 0 Å². The molecule has 0 saturated carbocycles. The number of rotatable bonds is 3. The normalized spacial score (nSPS) is 10.1. The molecule has 2 aromatic rings. The van der Waals surface area contributed by atoms with Gasteiger partial charge in [0, 0.05) is 13.2 Å². The molecule has 0 saturated heterocycles. The third kappa shape index (κ3) is 2.85. The second-order valence-electron chi connectivity index (χ2n) is 4.04. The number of benzene rings is 1. The standard InChI is InChI=1S/C14H14ClN3O/c1-9-5-3-7-11(15)12(9)18-14(19)10-6-4-8-17-13(10)16-2/h3-8H,1-2H3,(H,16,17)(H,18,19). The molecule has 2 rings (SSSR count). The summed E-state index contributed by atoms with van der Waals surface area (Å²) < 4.78 is 0. The monoisotopic (exact) mass is 275 g/mol. The van der Waals surface area contributed by atoms with Gasteiger partial charge in [0.15, 0.2) is 0 Å². The lowest BCUT2D eigenvalue weighted by Gasteiger charge is -2.12. The summed E-state index contributed by atoms with van der Waals surface area (Å²) >= 11 is 6.09. The molecule has 0 aliphatic heterocycles. The Morgan fingerprint density at radius 3 is 2.74 bits per heavy atom. The molecule has 19 heavy (non-hydrogen) atoms. The van der Waals surface area contributed by atoms with E-state index in [4.69, 9.17) is 11.6 Å². The van der Waals surface area contributed by atoms with Gasteiger partial charge in [-0.2, -0.15) is 0 Å². The van der Waals surface area contributed by atoms with E-state index in [1.54, 1.807) is 31.4 Å². The molecule has 4 nitrogen and oxygen atoms in total. The van der Waals surface area contributed by atoms with Crippen LogP contribution < -0.4 is 10.6 Å². The van der Waals surface area contributed by atoms with Crippen LogP contribution in [0.4, 0.5) is 11.5 Å². The molecule has 0 bridgehead atoms. The summed E-state index contributed by atoms with van der Waals surface area (Å²) in [5.41, 5.74) is 2.01. The number of aromatic nitrogens is 1. The van der Waals surface area contributed by atoms with Crippen molar-refractivity contribution in [1.82, 2.24) is 4.98 Å². The van der Waals surface area contributed by atoms with E-state index >= 15 is 0 Å². The SMILES string of the molecule is CNc1ncccc1C(=O)Nc1c(C)cccc1Cl. The number of anilines is 2. The Balaban J connectivity index is 2.31. The van der Waals surface area contributed by atoms with Gasteiger partial charge in [-0.25, -0.2) is 4.98 Å². The molecule has 1 heterocycles. The van der Waals surface area contributed by atoms with Crippen LogP contribution in [0.5, 0.6) is 0 Å². The molecular weight excluding hydrogens is 262 g/mol. The van der Waals surface area contributed by atoms with E-state index in [0.717, 1.165) is 5.56 Å². The van der Waals surface area contributed by atoms with Gasteiger partial charge in [-0.3, -0.25) is 4.79 Å². The van der Waals surface area contributed by atoms with Crippen molar-refractivity contribution in [1.29, 1.82) is 0 Å². The van der Waals surface area contributed by atoms with Crippen molar-refractivity contribution in [2.75, 3.05) is 17.7 Å². The average Bonchev–Trinajstić information content (AvgIpc) is 2.42. The summed E-state index contributed by atoms with van der Waals surface area (Å²) in [4.78, 5) is 16.3. The van der Waals surface area contributed by atoms with Gasteiger partial charge in [-0.05, 0) is 30.7 Å². The molecule has 0 spiro atoms. The zero-order chi connectivity index (χ0) is 13.8. The number of carbonyl (C=O) groups excluding carboxylic acids is 1. The molecule has 0 fully saturated rings. The lowest BCUT2D eigenvalue weighted by molar-refractivity contribution is 0.102. The maximum atomic E-state index is 12.2. The highest BCUT2D eigenvalue weighted by Gasteiger charge is 2.13. The number of para-hydroxylation sites is 1. The highest BCUT2D eigenvalue weighted by molar-refractivity contribution is 6.34. The van der Waals surface area contributed by atoms with Crippen LogP contribution in [-0.4, -0.2) is 17.9 Å². The van der Waals surface area contributed by atoms with Crippen LogP contribution in [0.15, 0.2) is 36.5 Å². The summed E-state index contributed by atoms with van der Waals surface area (Å²) in [6, 6.07) is 8.90. The van der Waals surface area contributed by atoms with Crippen LogP contribution >= 0.6 is 11.6 Å². The maximum Gasteiger partial charge on any atom is 0.259 e. The molecule has 98 valence electrons. The Bertz CT molecular complexity index is 593. The Kier molecular flexibility index (Phi) is 4.02. The lowest BCUT2D eigenvalue weighted by atomic mass is 10.2. The third-order valence-electron chi connectivity index (χ3n) is 2.75. The highest BCUT2D eigenvalue weighted by atomic mass is 35.5. The summed E-state index contributed by atoms with van der Waals surface area (Å²) in [5.74, 6) is 0.290. The van der Waals surface area contributed by atoms with Crippen LogP contribution in [0.3, 0.4) is 0 Å². The van der Waals surface area contributed by atoms with E-state index in [9.17, 15) is 4.79 Å². The van der Waals surface area contributed by atoms with Gasteiger partial charge in [0.05, 0.1) is 16.3 Å². The van der Waals surface area contributed by atoms with Gasteiger partial charge in [0.2, 0.25) is 0 Å². The number of carbonyl (C=O) groups is 1. The van der Waals surface area contributed by atoms with E-state index in [-0.39, 0.29) is 5.91 Å². The number of nitrogens with zero attached hydrogens (tertiary/aromatic N) is 1. The summed E-state index contributed by atoms with van der Waals surface area (Å²) in [7, 11) is 1.72. The highest BCUT2D eigenvalue weighted by Crippen LogP contribution is 2.26. The van der Waals surface area contributed by atoms with Gasteiger partial charge < -0.3 is 10.6 Å². The Morgan fingerprint density at radius 2 is 2.05 bits per heavy atom. The first-order valence-electron chi connectivity index (χ1n) is 5.82. The predicted molar refractivity (Wildman–Crippen MR) is 77.9 cm³/mol.